The van der Waals surface area contributed by atoms with Gasteiger partial charge in [-0.25, -0.2) is 0 Å². The van der Waals surface area contributed by atoms with Gasteiger partial charge in [-0.15, -0.1) is 0 Å². The summed E-state index contributed by atoms with van der Waals surface area (Å²) in [5.41, 5.74) is 3.09. The number of rotatable bonds is 9. The number of carbonyl (C=O) groups excluding carboxylic acids is 1. The molecule has 3 aromatic rings. The van der Waals surface area contributed by atoms with E-state index in [1.54, 1.807) is 25.3 Å². The van der Waals surface area contributed by atoms with E-state index in [0.29, 0.717) is 41.9 Å². The number of amides is 1. The van der Waals surface area contributed by atoms with Crippen molar-refractivity contribution in [1.29, 1.82) is 0 Å². The molecule has 0 aliphatic heterocycles. The molecular formula is C26H29NO4. The van der Waals surface area contributed by atoms with Crippen LogP contribution in [-0.4, -0.2) is 19.6 Å². The molecule has 1 N–H and O–H groups in total. The number of benzene rings is 3. The van der Waals surface area contributed by atoms with Crippen LogP contribution in [0.1, 0.15) is 48.2 Å². The summed E-state index contributed by atoms with van der Waals surface area (Å²) in [6.45, 7) is 6.99. The predicted molar refractivity (Wildman–Crippen MR) is 123 cm³/mol. The number of hydrogen-bond acceptors (Lipinski definition) is 4. The summed E-state index contributed by atoms with van der Waals surface area (Å²) < 4.78 is 17.2. The molecule has 3 aromatic carbocycles. The molecule has 0 radical (unpaired) electrons. The van der Waals surface area contributed by atoms with Gasteiger partial charge in [-0.05, 0) is 54.8 Å². The van der Waals surface area contributed by atoms with Crippen LogP contribution >= 0.6 is 0 Å². The molecule has 0 aliphatic carbocycles. The molecule has 0 aromatic heterocycles. The molecule has 0 bridgehead atoms. The van der Waals surface area contributed by atoms with Gasteiger partial charge in [0, 0.05) is 11.1 Å². The third-order valence-corrected chi connectivity index (χ3v) is 4.90. The normalized spacial score (nSPS) is 10.6. The molecule has 5 nitrogen and oxygen atoms in total. The third-order valence-electron chi connectivity index (χ3n) is 4.90. The number of para-hydroxylation sites is 3. The molecule has 5 heteroatoms. The van der Waals surface area contributed by atoms with E-state index in [1.165, 1.54) is 0 Å². The highest BCUT2D eigenvalue weighted by atomic mass is 16.5. The van der Waals surface area contributed by atoms with Crippen LogP contribution in [-0.2, 0) is 6.61 Å². The van der Waals surface area contributed by atoms with Crippen LogP contribution in [0, 0.1) is 0 Å². The number of nitrogens with one attached hydrogen (secondary N) is 1. The van der Waals surface area contributed by atoms with Gasteiger partial charge in [0.15, 0.2) is 0 Å². The van der Waals surface area contributed by atoms with Gasteiger partial charge in [0.05, 0.1) is 19.4 Å². The van der Waals surface area contributed by atoms with E-state index in [4.69, 9.17) is 14.2 Å². The van der Waals surface area contributed by atoms with E-state index in [9.17, 15) is 4.79 Å². The minimum Gasteiger partial charge on any atom is -0.496 e. The first-order valence-corrected chi connectivity index (χ1v) is 10.4. The van der Waals surface area contributed by atoms with Crippen LogP contribution in [0.3, 0.4) is 0 Å². The Morgan fingerprint density at radius 2 is 1.61 bits per heavy atom. The Hall–Kier alpha value is -3.47. The van der Waals surface area contributed by atoms with Crippen molar-refractivity contribution in [3.05, 3.63) is 83.4 Å². The monoisotopic (exact) mass is 419 g/mol. The quantitative estimate of drug-likeness (QED) is 0.459. The highest BCUT2D eigenvalue weighted by molar-refractivity contribution is 6.05. The van der Waals surface area contributed by atoms with Gasteiger partial charge in [0.25, 0.3) is 5.91 Å². The summed E-state index contributed by atoms with van der Waals surface area (Å²) in [6, 6.07) is 20.7. The van der Waals surface area contributed by atoms with Gasteiger partial charge in [0.2, 0.25) is 0 Å². The maximum atomic E-state index is 12.9. The Morgan fingerprint density at radius 1 is 0.903 bits per heavy atom. The van der Waals surface area contributed by atoms with Gasteiger partial charge < -0.3 is 19.5 Å². The van der Waals surface area contributed by atoms with Gasteiger partial charge in [-0.2, -0.15) is 0 Å². The number of carbonyl (C=O) groups is 1. The SMILES string of the molecule is CCOc1ccccc1NC(=O)c1ccc(OC)c(COc2ccccc2C(C)C)c1. The lowest BCUT2D eigenvalue weighted by Crippen LogP contribution is -2.14. The van der Waals surface area contributed by atoms with Crippen molar-refractivity contribution in [3.63, 3.8) is 0 Å². The van der Waals surface area contributed by atoms with E-state index < -0.39 is 0 Å². The maximum Gasteiger partial charge on any atom is 0.255 e. The minimum atomic E-state index is -0.223. The summed E-state index contributed by atoms with van der Waals surface area (Å²) in [7, 11) is 1.61. The lowest BCUT2D eigenvalue weighted by atomic mass is 10.0. The maximum absolute atomic E-state index is 12.9. The fraction of sp³-hybridized carbons (Fsp3) is 0.269. The summed E-state index contributed by atoms with van der Waals surface area (Å²) in [6.07, 6.45) is 0. The number of anilines is 1. The Kier molecular flexibility index (Phi) is 7.55. The highest BCUT2D eigenvalue weighted by Gasteiger charge is 2.14. The molecule has 0 unspecified atom stereocenters. The minimum absolute atomic E-state index is 0.223. The largest absolute Gasteiger partial charge is 0.496 e. The molecule has 0 aliphatic rings. The van der Waals surface area contributed by atoms with Gasteiger partial charge in [-0.1, -0.05) is 44.2 Å². The van der Waals surface area contributed by atoms with Crippen molar-refractivity contribution in [3.8, 4) is 17.2 Å². The number of hydrogen-bond donors (Lipinski definition) is 1. The number of ether oxygens (including phenoxy) is 3. The van der Waals surface area contributed by atoms with Crippen LogP contribution in [0.25, 0.3) is 0 Å². The molecule has 31 heavy (non-hydrogen) atoms. The molecule has 0 saturated carbocycles. The zero-order valence-corrected chi connectivity index (χ0v) is 18.5. The fourth-order valence-electron chi connectivity index (χ4n) is 3.32. The van der Waals surface area contributed by atoms with Crippen molar-refractivity contribution in [2.75, 3.05) is 19.0 Å². The van der Waals surface area contributed by atoms with Crippen molar-refractivity contribution in [2.45, 2.75) is 33.3 Å². The average molecular weight is 420 g/mol. The lowest BCUT2D eigenvalue weighted by Gasteiger charge is -2.16. The molecule has 3 rings (SSSR count). The number of methoxy groups -OCH3 is 1. The second-order valence-corrected chi connectivity index (χ2v) is 7.39. The molecule has 0 atom stereocenters. The van der Waals surface area contributed by atoms with E-state index in [0.717, 1.165) is 16.9 Å². The average Bonchev–Trinajstić information content (AvgIpc) is 2.79. The summed E-state index contributed by atoms with van der Waals surface area (Å²) >= 11 is 0. The highest BCUT2D eigenvalue weighted by Crippen LogP contribution is 2.29. The Labute approximate surface area is 184 Å². The predicted octanol–water partition coefficient (Wildman–Crippen LogP) is 6.05. The Bertz CT molecular complexity index is 1030. The van der Waals surface area contributed by atoms with Gasteiger partial charge in [0.1, 0.15) is 23.9 Å². The molecule has 1 amide bonds. The second-order valence-electron chi connectivity index (χ2n) is 7.39. The summed E-state index contributed by atoms with van der Waals surface area (Å²) in [5.74, 6) is 2.27. The van der Waals surface area contributed by atoms with Crippen molar-refractivity contribution in [2.24, 2.45) is 0 Å². The van der Waals surface area contributed by atoms with Crippen LogP contribution in [0.2, 0.25) is 0 Å². The molecule has 0 saturated heterocycles. The van der Waals surface area contributed by atoms with Crippen LogP contribution in [0.4, 0.5) is 5.69 Å². The van der Waals surface area contributed by atoms with Crippen molar-refractivity contribution < 1.29 is 19.0 Å². The van der Waals surface area contributed by atoms with Crippen molar-refractivity contribution in [1.82, 2.24) is 0 Å². The first-order chi connectivity index (χ1) is 15.0. The molecule has 0 heterocycles. The Morgan fingerprint density at radius 3 is 2.32 bits per heavy atom. The topological polar surface area (TPSA) is 56.8 Å². The molecule has 0 spiro atoms. The third kappa shape index (κ3) is 5.57. The van der Waals surface area contributed by atoms with Gasteiger partial charge >= 0.3 is 0 Å². The lowest BCUT2D eigenvalue weighted by molar-refractivity contribution is 0.102. The van der Waals surface area contributed by atoms with E-state index in [-0.39, 0.29) is 5.91 Å². The second kappa shape index (κ2) is 10.5. The standard InChI is InChI=1S/C26H29NO4/c1-5-30-25-13-9-7-11-22(25)27-26(28)19-14-15-23(29-4)20(16-19)17-31-24-12-8-6-10-21(24)18(2)3/h6-16,18H,5,17H2,1-4H3,(H,27,28). The van der Waals surface area contributed by atoms with Gasteiger partial charge in [-0.3, -0.25) is 4.79 Å². The first kappa shape index (κ1) is 22.2. The fourth-order valence-corrected chi connectivity index (χ4v) is 3.32. The van der Waals surface area contributed by atoms with Crippen LogP contribution in [0.15, 0.2) is 66.7 Å². The molecule has 0 fully saturated rings. The Balaban J connectivity index is 1.80. The van der Waals surface area contributed by atoms with E-state index >= 15 is 0 Å². The molecular weight excluding hydrogens is 390 g/mol. The van der Waals surface area contributed by atoms with Crippen LogP contribution in [0.5, 0.6) is 17.2 Å². The molecule has 162 valence electrons. The van der Waals surface area contributed by atoms with Crippen molar-refractivity contribution >= 4 is 11.6 Å². The van der Waals surface area contributed by atoms with E-state index in [2.05, 4.69) is 25.2 Å². The summed E-state index contributed by atoms with van der Waals surface area (Å²) in [5, 5.41) is 2.93. The first-order valence-electron chi connectivity index (χ1n) is 10.4. The van der Waals surface area contributed by atoms with Crippen LogP contribution < -0.4 is 19.5 Å². The zero-order chi connectivity index (χ0) is 22.2. The van der Waals surface area contributed by atoms with E-state index in [1.807, 2.05) is 49.4 Å². The summed E-state index contributed by atoms with van der Waals surface area (Å²) in [4.78, 5) is 12.9. The zero-order valence-electron chi connectivity index (χ0n) is 18.5. The smallest absolute Gasteiger partial charge is 0.255 e.